The number of nitrogens with one attached hydrogen (secondary N) is 1. The second-order valence-electron chi connectivity index (χ2n) is 6.79. The van der Waals surface area contributed by atoms with Crippen LogP contribution < -0.4 is 5.32 Å². The van der Waals surface area contributed by atoms with E-state index in [0.29, 0.717) is 4.47 Å². The summed E-state index contributed by atoms with van der Waals surface area (Å²) in [6.07, 6.45) is 10.6. The molecular formula is C18H25BrFN. The largest absolute Gasteiger partial charge is 0.314 e. The zero-order valence-corrected chi connectivity index (χ0v) is 14.2. The Labute approximate surface area is 135 Å². The van der Waals surface area contributed by atoms with Crippen molar-refractivity contribution in [2.75, 3.05) is 6.54 Å². The molecule has 0 aliphatic heterocycles. The molecule has 2 fully saturated rings. The number of rotatable bonds is 5. The maximum atomic E-state index is 13.4. The van der Waals surface area contributed by atoms with Crippen LogP contribution in [-0.2, 0) is 6.42 Å². The van der Waals surface area contributed by atoms with Crippen molar-refractivity contribution in [3.8, 4) is 0 Å². The molecule has 3 rings (SSSR count). The summed E-state index contributed by atoms with van der Waals surface area (Å²) in [5.74, 6) is 1.37. The second-order valence-corrected chi connectivity index (χ2v) is 7.65. The van der Waals surface area contributed by atoms with Crippen LogP contribution in [0.4, 0.5) is 4.39 Å². The van der Waals surface area contributed by atoms with Crippen LogP contribution in [0.1, 0.15) is 50.5 Å². The van der Waals surface area contributed by atoms with Crippen LogP contribution in [0.5, 0.6) is 0 Å². The van der Waals surface area contributed by atoms with E-state index >= 15 is 0 Å². The molecule has 0 bridgehead atoms. The Balaban J connectivity index is 1.64. The van der Waals surface area contributed by atoms with E-state index in [-0.39, 0.29) is 5.82 Å². The molecule has 2 aliphatic rings. The van der Waals surface area contributed by atoms with E-state index in [1.54, 1.807) is 6.07 Å². The Kier molecular flexibility index (Phi) is 5.33. The van der Waals surface area contributed by atoms with Crippen molar-refractivity contribution in [3.05, 3.63) is 34.1 Å². The third-order valence-corrected chi connectivity index (χ3v) is 5.65. The highest BCUT2D eigenvalue weighted by molar-refractivity contribution is 9.10. The molecule has 0 radical (unpaired) electrons. The molecule has 1 aromatic carbocycles. The summed E-state index contributed by atoms with van der Waals surface area (Å²) in [4.78, 5) is 0. The number of benzene rings is 1. The number of hydrogen-bond acceptors (Lipinski definition) is 1. The lowest BCUT2D eigenvalue weighted by Gasteiger charge is -2.26. The summed E-state index contributed by atoms with van der Waals surface area (Å²) in [6, 6.07) is 6.31. The van der Waals surface area contributed by atoms with Gasteiger partial charge in [-0.15, -0.1) is 0 Å². The molecule has 116 valence electrons. The van der Waals surface area contributed by atoms with Gasteiger partial charge < -0.3 is 5.32 Å². The van der Waals surface area contributed by atoms with Gasteiger partial charge in [-0.3, -0.25) is 0 Å². The molecule has 2 aliphatic carbocycles. The lowest BCUT2D eigenvalue weighted by Crippen LogP contribution is -2.30. The van der Waals surface area contributed by atoms with Gasteiger partial charge in [0.15, 0.2) is 0 Å². The maximum absolute atomic E-state index is 13.4. The van der Waals surface area contributed by atoms with Crippen molar-refractivity contribution >= 4 is 15.9 Å². The number of halogens is 2. The fourth-order valence-electron chi connectivity index (χ4n) is 3.57. The van der Waals surface area contributed by atoms with Crippen molar-refractivity contribution in [1.82, 2.24) is 5.32 Å². The van der Waals surface area contributed by atoms with E-state index in [4.69, 9.17) is 0 Å². The monoisotopic (exact) mass is 353 g/mol. The first kappa shape index (κ1) is 15.5. The van der Waals surface area contributed by atoms with Crippen LogP contribution >= 0.6 is 15.9 Å². The van der Waals surface area contributed by atoms with Gasteiger partial charge in [0, 0.05) is 6.04 Å². The molecule has 0 saturated heterocycles. The third kappa shape index (κ3) is 4.53. The first-order valence-electron chi connectivity index (χ1n) is 8.39. The standard InChI is InChI=1S/C18H25BrFN/c19-17-11-13(6-9-18(17)20)10-14-4-2-1-3-5-15(14)12-21-16-7-8-16/h6,9,11,14-16,21H,1-5,7-8,10,12H2. The SMILES string of the molecule is Fc1ccc(CC2CCCCCC2CNC2CC2)cc1Br. The maximum Gasteiger partial charge on any atom is 0.137 e. The van der Waals surface area contributed by atoms with Gasteiger partial charge in [-0.1, -0.05) is 25.3 Å². The van der Waals surface area contributed by atoms with Crippen LogP contribution in [-0.4, -0.2) is 12.6 Å². The molecule has 1 nitrogen and oxygen atoms in total. The predicted molar refractivity (Wildman–Crippen MR) is 88.9 cm³/mol. The quantitative estimate of drug-likeness (QED) is 0.727. The van der Waals surface area contributed by atoms with Gasteiger partial charge in [0.25, 0.3) is 0 Å². The van der Waals surface area contributed by atoms with Crippen molar-refractivity contribution in [2.45, 2.75) is 57.4 Å². The summed E-state index contributed by atoms with van der Waals surface area (Å²) < 4.78 is 14.0. The first-order valence-corrected chi connectivity index (χ1v) is 9.19. The summed E-state index contributed by atoms with van der Waals surface area (Å²) in [5, 5.41) is 3.72. The van der Waals surface area contributed by atoms with Crippen LogP contribution in [0.3, 0.4) is 0 Å². The smallest absolute Gasteiger partial charge is 0.137 e. The lowest BCUT2D eigenvalue weighted by molar-refractivity contribution is 0.297. The van der Waals surface area contributed by atoms with Crippen LogP contribution in [0.2, 0.25) is 0 Å². The number of hydrogen-bond donors (Lipinski definition) is 1. The van der Waals surface area contributed by atoms with Gasteiger partial charge in [0.2, 0.25) is 0 Å². The van der Waals surface area contributed by atoms with Crippen molar-refractivity contribution < 1.29 is 4.39 Å². The Hall–Kier alpha value is -0.410. The minimum atomic E-state index is -0.161. The van der Waals surface area contributed by atoms with Crippen molar-refractivity contribution in [1.29, 1.82) is 0 Å². The van der Waals surface area contributed by atoms with Gasteiger partial charge in [-0.2, -0.15) is 0 Å². The van der Waals surface area contributed by atoms with Crippen LogP contribution in [0.25, 0.3) is 0 Å². The van der Waals surface area contributed by atoms with Crippen LogP contribution in [0.15, 0.2) is 22.7 Å². The molecule has 2 saturated carbocycles. The molecule has 1 aromatic rings. The summed E-state index contributed by atoms with van der Waals surface area (Å²) in [6.45, 7) is 1.18. The van der Waals surface area contributed by atoms with Gasteiger partial charge in [0.05, 0.1) is 4.47 Å². The minimum Gasteiger partial charge on any atom is -0.314 e. The summed E-state index contributed by atoms with van der Waals surface area (Å²) >= 11 is 3.31. The second kappa shape index (κ2) is 7.23. The van der Waals surface area contributed by atoms with Gasteiger partial charge >= 0.3 is 0 Å². The van der Waals surface area contributed by atoms with E-state index in [9.17, 15) is 4.39 Å². The predicted octanol–water partition coefficient (Wildman–Crippen LogP) is 5.08. The van der Waals surface area contributed by atoms with E-state index in [1.165, 1.54) is 57.1 Å². The molecule has 21 heavy (non-hydrogen) atoms. The molecule has 2 unspecified atom stereocenters. The fraction of sp³-hybridized carbons (Fsp3) is 0.667. The molecule has 0 heterocycles. The highest BCUT2D eigenvalue weighted by Crippen LogP contribution is 2.32. The molecule has 2 atom stereocenters. The van der Waals surface area contributed by atoms with Crippen molar-refractivity contribution in [3.63, 3.8) is 0 Å². The Morgan fingerprint density at radius 1 is 1.05 bits per heavy atom. The third-order valence-electron chi connectivity index (χ3n) is 5.04. The van der Waals surface area contributed by atoms with Crippen molar-refractivity contribution in [2.24, 2.45) is 11.8 Å². The normalized spacial score (nSPS) is 26.6. The molecule has 1 N–H and O–H groups in total. The lowest BCUT2D eigenvalue weighted by atomic mass is 9.83. The van der Waals surface area contributed by atoms with E-state index < -0.39 is 0 Å². The average Bonchev–Trinajstić information content (AvgIpc) is 3.29. The summed E-state index contributed by atoms with van der Waals surface area (Å²) in [5.41, 5.74) is 1.27. The first-order chi connectivity index (χ1) is 10.2. The Morgan fingerprint density at radius 2 is 1.81 bits per heavy atom. The average molecular weight is 354 g/mol. The van der Waals surface area contributed by atoms with Gasteiger partial charge in [-0.05, 0) is 84.1 Å². The Bertz CT molecular complexity index is 472. The molecule has 0 amide bonds. The highest BCUT2D eigenvalue weighted by atomic mass is 79.9. The van der Waals surface area contributed by atoms with Gasteiger partial charge in [0.1, 0.15) is 5.82 Å². The molecule has 0 aromatic heterocycles. The highest BCUT2D eigenvalue weighted by Gasteiger charge is 2.27. The zero-order valence-electron chi connectivity index (χ0n) is 12.6. The zero-order chi connectivity index (χ0) is 14.7. The Morgan fingerprint density at radius 3 is 2.52 bits per heavy atom. The molecular weight excluding hydrogens is 329 g/mol. The fourth-order valence-corrected chi connectivity index (χ4v) is 4.00. The molecule has 3 heteroatoms. The van der Waals surface area contributed by atoms with E-state index in [2.05, 4.69) is 21.2 Å². The topological polar surface area (TPSA) is 12.0 Å². The van der Waals surface area contributed by atoms with Gasteiger partial charge in [-0.25, -0.2) is 4.39 Å². The van der Waals surface area contributed by atoms with E-state index in [0.717, 1.165) is 24.3 Å². The van der Waals surface area contributed by atoms with E-state index in [1.807, 2.05) is 12.1 Å². The van der Waals surface area contributed by atoms with Crippen LogP contribution in [0, 0.1) is 17.7 Å². The summed E-state index contributed by atoms with van der Waals surface area (Å²) in [7, 11) is 0. The molecule has 0 spiro atoms. The minimum absolute atomic E-state index is 0.161.